The fraction of sp³-hybridized carbons (Fsp3) is 0.450. The molecule has 3 aromatic rings. The summed E-state index contributed by atoms with van der Waals surface area (Å²) in [6.07, 6.45) is 2.97. The quantitative estimate of drug-likeness (QED) is 0.610. The molecule has 28 heavy (non-hydrogen) atoms. The summed E-state index contributed by atoms with van der Waals surface area (Å²) >= 11 is 1.41. The van der Waals surface area contributed by atoms with Crippen molar-refractivity contribution in [3.8, 4) is 5.69 Å². The molecule has 4 rings (SSSR count). The molecule has 1 aliphatic rings. The second-order valence-electron chi connectivity index (χ2n) is 7.31. The van der Waals surface area contributed by atoms with Crippen molar-refractivity contribution in [3.63, 3.8) is 0 Å². The molecule has 2 heterocycles. The van der Waals surface area contributed by atoms with Crippen LogP contribution >= 0.6 is 11.3 Å². The SMILES string of the molecule is CC1CC1.CNc1nc2c(s1)c(C(=O)NC(C)CN)nn2-c1cccc(C)c1. The molecule has 1 aliphatic carbocycles. The fourth-order valence-corrected chi connectivity index (χ4v) is 3.40. The highest BCUT2D eigenvalue weighted by Gasteiger charge is 2.23. The molecule has 8 heteroatoms. The number of carbonyl (C=O) groups is 1. The van der Waals surface area contributed by atoms with E-state index in [2.05, 4.69) is 27.6 Å². The third-order valence-electron chi connectivity index (χ3n) is 4.50. The van der Waals surface area contributed by atoms with Crippen molar-refractivity contribution in [1.82, 2.24) is 20.1 Å². The van der Waals surface area contributed by atoms with Gasteiger partial charge in [0.25, 0.3) is 5.91 Å². The number of fused-ring (bicyclic) bond motifs is 1. The van der Waals surface area contributed by atoms with E-state index >= 15 is 0 Å². The normalized spacial score (nSPS) is 14.3. The van der Waals surface area contributed by atoms with Crippen LogP contribution in [0.3, 0.4) is 0 Å². The molecule has 1 fully saturated rings. The smallest absolute Gasteiger partial charge is 0.273 e. The first kappa shape index (κ1) is 20.3. The lowest BCUT2D eigenvalue weighted by Crippen LogP contribution is -2.38. The van der Waals surface area contributed by atoms with E-state index in [9.17, 15) is 4.79 Å². The molecule has 1 atom stereocenters. The molecule has 1 aromatic carbocycles. The van der Waals surface area contributed by atoms with Crippen molar-refractivity contribution in [2.45, 2.75) is 39.7 Å². The van der Waals surface area contributed by atoms with Crippen molar-refractivity contribution in [2.24, 2.45) is 11.7 Å². The van der Waals surface area contributed by atoms with Crippen molar-refractivity contribution < 1.29 is 4.79 Å². The largest absolute Gasteiger partial charge is 0.365 e. The highest BCUT2D eigenvalue weighted by Crippen LogP contribution is 2.30. The van der Waals surface area contributed by atoms with Gasteiger partial charge in [-0.3, -0.25) is 4.79 Å². The second-order valence-corrected chi connectivity index (χ2v) is 8.31. The molecule has 1 unspecified atom stereocenters. The number of amides is 1. The van der Waals surface area contributed by atoms with E-state index in [1.807, 2.05) is 38.1 Å². The lowest BCUT2D eigenvalue weighted by molar-refractivity contribution is 0.0937. The third-order valence-corrected chi connectivity index (χ3v) is 5.57. The molecule has 0 radical (unpaired) electrons. The number of anilines is 1. The molecular formula is C20H28N6OS. The van der Waals surface area contributed by atoms with Crippen LogP contribution in [-0.4, -0.2) is 40.3 Å². The van der Waals surface area contributed by atoms with Crippen LogP contribution in [0, 0.1) is 12.8 Å². The summed E-state index contributed by atoms with van der Waals surface area (Å²) in [5.41, 5.74) is 8.61. The maximum atomic E-state index is 12.6. The second kappa shape index (κ2) is 8.70. The van der Waals surface area contributed by atoms with Crippen molar-refractivity contribution in [1.29, 1.82) is 0 Å². The van der Waals surface area contributed by atoms with E-state index in [1.165, 1.54) is 24.2 Å². The summed E-state index contributed by atoms with van der Waals surface area (Å²) in [7, 11) is 1.80. The van der Waals surface area contributed by atoms with E-state index in [0.29, 0.717) is 17.9 Å². The first-order valence-electron chi connectivity index (χ1n) is 9.58. The van der Waals surface area contributed by atoms with E-state index in [1.54, 1.807) is 11.7 Å². The summed E-state index contributed by atoms with van der Waals surface area (Å²) in [6, 6.07) is 7.81. The Morgan fingerprint density at radius 3 is 2.71 bits per heavy atom. The molecule has 0 bridgehead atoms. The summed E-state index contributed by atoms with van der Waals surface area (Å²) in [4.78, 5) is 17.1. The highest BCUT2D eigenvalue weighted by molar-refractivity contribution is 7.22. The summed E-state index contributed by atoms with van der Waals surface area (Å²) in [5.74, 6) is 0.843. The number of hydrogen-bond donors (Lipinski definition) is 3. The molecule has 4 N–H and O–H groups in total. The average molecular weight is 401 g/mol. The van der Waals surface area contributed by atoms with Gasteiger partial charge in [0.1, 0.15) is 4.70 Å². The number of thiazole rings is 1. The minimum Gasteiger partial charge on any atom is -0.365 e. The van der Waals surface area contributed by atoms with Crippen LogP contribution in [0.4, 0.5) is 5.13 Å². The van der Waals surface area contributed by atoms with Crippen LogP contribution in [-0.2, 0) is 0 Å². The minimum atomic E-state index is -0.240. The Kier molecular flexibility index (Phi) is 6.31. The maximum Gasteiger partial charge on any atom is 0.273 e. The molecule has 0 aliphatic heterocycles. The van der Waals surface area contributed by atoms with Gasteiger partial charge in [-0.2, -0.15) is 10.1 Å². The topological polar surface area (TPSA) is 97.9 Å². The molecule has 7 nitrogen and oxygen atoms in total. The number of aromatic nitrogens is 3. The van der Waals surface area contributed by atoms with E-state index in [-0.39, 0.29) is 11.9 Å². The molecule has 1 saturated carbocycles. The Morgan fingerprint density at radius 2 is 2.14 bits per heavy atom. The molecule has 2 aromatic heterocycles. The van der Waals surface area contributed by atoms with Gasteiger partial charge in [0.05, 0.1) is 5.69 Å². The maximum absolute atomic E-state index is 12.6. The van der Waals surface area contributed by atoms with Crippen LogP contribution in [0.1, 0.15) is 42.7 Å². The van der Waals surface area contributed by atoms with E-state index < -0.39 is 0 Å². The number of nitrogens with one attached hydrogen (secondary N) is 2. The monoisotopic (exact) mass is 400 g/mol. The zero-order chi connectivity index (χ0) is 20.3. The number of benzene rings is 1. The number of aryl methyl sites for hydroxylation is 1. The van der Waals surface area contributed by atoms with Crippen molar-refractivity contribution in [2.75, 3.05) is 18.9 Å². The number of rotatable bonds is 5. The standard InChI is InChI=1S/C16H20N6OS.C4H8/c1-9-5-4-6-11(7-9)22-14-13(24-16(18-3)20-14)12(21-22)15(23)19-10(2)8-17;1-4-2-3-4/h4-7,10H,8,17H2,1-3H3,(H,18,20)(H,19,23);4H,2-3H2,1H3. The number of hydrogen-bond acceptors (Lipinski definition) is 6. The van der Waals surface area contributed by atoms with Crippen LogP contribution in [0.15, 0.2) is 24.3 Å². The number of nitrogens with zero attached hydrogens (tertiary/aromatic N) is 3. The fourth-order valence-electron chi connectivity index (χ4n) is 2.52. The molecular weight excluding hydrogens is 372 g/mol. The first-order chi connectivity index (χ1) is 13.4. The Balaban J connectivity index is 0.000000500. The number of carbonyl (C=O) groups excluding carboxylic acids is 1. The highest BCUT2D eigenvalue weighted by atomic mass is 32.1. The van der Waals surface area contributed by atoms with Gasteiger partial charge in [-0.1, -0.05) is 43.2 Å². The summed E-state index contributed by atoms with van der Waals surface area (Å²) in [6.45, 7) is 6.52. The first-order valence-corrected chi connectivity index (χ1v) is 10.4. The Hall–Kier alpha value is -2.45. The van der Waals surface area contributed by atoms with Gasteiger partial charge in [0, 0.05) is 19.6 Å². The minimum absolute atomic E-state index is 0.117. The molecule has 0 saturated heterocycles. The van der Waals surface area contributed by atoms with Crippen LogP contribution in [0.2, 0.25) is 0 Å². The number of nitrogens with two attached hydrogens (primary N) is 1. The molecule has 1 amide bonds. The average Bonchev–Trinajstić information content (AvgIpc) is 3.21. The molecule has 150 valence electrons. The van der Waals surface area contributed by atoms with Gasteiger partial charge in [-0.25, -0.2) is 4.68 Å². The van der Waals surface area contributed by atoms with Gasteiger partial charge in [0.2, 0.25) is 0 Å². The van der Waals surface area contributed by atoms with Crippen LogP contribution in [0.25, 0.3) is 16.0 Å². The predicted molar refractivity (Wildman–Crippen MR) is 115 cm³/mol. The summed E-state index contributed by atoms with van der Waals surface area (Å²) < 4.78 is 2.46. The Bertz CT molecular complexity index is 959. The van der Waals surface area contributed by atoms with Gasteiger partial charge in [0.15, 0.2) is 16.5 Å². The summed E-state index contributed by atoms with van der Waals surface area (Å²) in [5, 5.41) is 11.1. The third kappa shape index (κ3) is 4.69. The van der Waals surface area contributed by atoms with E-state index in [4.69, 9.17) is 5.73 Å². The zero-order valence-corrected chi connectivity index (χ0v) is 17.6. The van der Waals surface area contributed by atoms with Gasteiger partial charge < -0.3 is 16.4 Å². The Labute approximate surface area is 169 Å². The lowest BCUT2D eigenvalue weighted by Gasteiger charge is -2.09. The van der Waals surface area contributed by atoms with Gasteiger partial charge in [-0.05, 0) is 37.5 Å². The van der Waals surface area contributed by atoms with E-state index in [0.717, 1.165) is 27.0 Å². The van der Waals surface area contributed by atoms with Crippen LogP contribution < -0.4 is 16.4 Å². The van der Waals surface area contributed by atoms with Gasteiger partial charge >= 0.3 is 0 Å². The Morgan fingerprint density at radius 1 is 1.43 bits per heavy atom. The van der Waals surface area contributed by atoms with Crippen molar-refractivity contribution >= 4 is 32.7 Å². The zero-order valence-electron chi connectivity index (χ0n) is 16.8. The van der Waals surface area contributed by atoms with Crippen molar-refractivity contribution in [3.05, 3.63) is 35.5 Å². The predicted octanol–water partition coefficient (Wildman–Crippen LogP) is 3.33. The lowest BCUT2D eigenvalue weighted by atomic mass is 10.2. The van der Waals surface area contributed by atoms with Gasteiger partial charge in [-0.15, -0.1) is 0 Å². The molecule has 0 spiro atoms. The van der Waals surface area contributed by atoms with Crippen LogP contribution in [0.5, 0.6) is 0 Å².